The lowest BCUT2D eigenvalue weighted by Crippen LogP contribution is -2.45. The Morgan fingerprint density at radius 3 is 2.47 bits per heavy atom. The summed E-state index contributed by atoms with van der Waals surface area (Å²) in [4.78, 5) is 24.3. The van der Waals surface area contributed by atoms with Crippen molar-refractivity contribution < 1.29 is 9.59 Å². The predicted molar refractivity (Wildman–Crippen MR) is 79.9 cm³/mol. The van der Waals surface area contributed by atoms with Gasteiger partial charge in [-0.15, -0.1) is 0 Å². The fraction of sp³-hybridized carbons (Fsp3) is 0.385. The van der Waals surface area contributed by atoms with Gasteiger partial charge in [0.25, 0.3) is 11.8 Å². The first-order valence-corrected chi connectivity index (χ1v) is 8.19. The molecule has 1 aliphatic heterocycles. The average Bonchev–Trinajstić information content (AvgIpc) is 2.88. The molecule has 1 aliphatic rings. The third-order valence-electron chi connectivity index (χ3n) is 2.91. The zero-order chi connectivity index (χ0) is 13.8. The van der Waals surface area contributed by atoms with Crippen LogP contribution in [0, 0.1) is 0 Å². The van der Waals surface area contributed by atoms with Crippen LogP contribution in [0.2, 0.25) is 0 Å². The van der Waals surface area contributed by atoms with Crippen molar-refractivity contribution >= 4 is 39.5 Å². The first kappa shape index (κ1) is 14.4. The monoisotopic (exact) mass is 342 g/mol. The van der Waals surface area contributed by atoms with E-state index in [4.69, 9.17) is 0 Å². The van der Waals surface area contributed by atoms with E-state index in [1.54, 1.807) is 22.2 Å². The average molecular weight is 343 g/mol. The van der Waals surface area contributed by atoms with Crippen LogP contribution >= 0.6 is 27.7 Å². The van der Waals surface area contributed by atoms with Crippen LogP contribution in [0.4, 0.5) is 0 Å². The van der Waals surface area contributed by atoms with Crippen LogP contribution < -0.4 is 0 Å². The van der Waals surface area contributed by atoms with Gasteiger partial charge < -0.3 is 0 Å². The molecule has 1 fully saturated rings. The predicted octanol–water partition coefficient (Wildman–Crippen LogP) is 2.40. The maximum Gasteiger partial charge on any atom is 0.272 e. The topological polar surface area (TPSA) is 40.6 Å². The second kappa shape index (κ2) is 6.43. The van der Waals surface area contributed by atoms with Gasteiger partial charge in [-0.1, -0.05) is 15.9 Å². The van der Waals surface area contributed by atoms with Crippen LogP contribution in [-0.2, 0) is 4.79 Å². The Hall–Kier alpha value is -1.01. The summed E-state index contributed by atoms with van der Waals surface area (Å²) in [6.07, 6.45) is 2.72. The molecule has 6 heteroatoms. The summed E-state index contributed by atoms with van der Waals surface area (Å²) in [5, 5.41) is 3.13. The molecule has 1 heterocycles. The summed E-state index contributed by atoms with van der Waals surface area (Å²) in [6, 6.07) is 7.19. The summed E-state index contributed by atoms with van der Waals surface area (Å²) >= 11 is 4.81. The van der Waals surface area contributed by atoms with E-state index in [-0.39, 0.29) is 11.8 Å². The Labute approximate surface area is 125 Å². The van der Waals surface area contributed by atoms with Crippen molar-refractivity contribution in [2.45, 2.75) is 6.42 Å². The van der Waals surface area contributed by atoms with Crippen LogP contribution in [0.25, 0.3) is 0 Å². The van der Waals surface area contributed by atoms with Gasteiger partial charge >= 0.3 is 0 Å². The molecule has 1 aromatic rings. The molecule has 19 heavy (non-hydrogen) atoms. The molecular formula is C13H15BrN2O2S. The van der Waals surface area contributed by atoms with E-state index in [1.165, 1.54) is 11.8 Å². The Morgan fingerprint density at radius 1 is 1.21 bits per heavy atom. The highest BCUT2D eigenvalue weighted by Crippen LogP contribution is 2.18. The van der Waals surface area contributed by atoms with E-state index in [1.807, 2.05) is 18.4 Å². The SMILES string of the molecule is CSCC(=O)N1CCCN1C(=O)c1ccc(Br)cc1. The van der Waals surface area contributed by atoms with Gasteiger partial charge in [0.2, 0.25) is 0 Å². The number of thioether (sulfide) groups is 1. The van der Waals surface area contributed by atoms with Crippen molar-refractivity contribution in [2.24, 2.45) is 0 Å². The third kappa shape index (κ3) is 3.30. The lowest BCUT2D eigenvalue weighted by molar-refractivity contribution is -0.137. The van der Waals surface area contributed by atoms with Gasteiger partial charge in [0.15, 0.2) is 0 Å². The standard InChI is InChI=1S/C13H15BrN2O2S/c1-19-9-12(17)15-7-2-8-16(15)13(18)10-3-5-11(14)6-4-10/h3-6H,2,7-9H2,1H3. The summed E-state index contributed by atoms with van der Waals surface area (Å²) in [6.45, 7) is 1.23. The molecule has 2 amide bonds. The molecule has 0 radical (unpaired) electrons. The number of hydrogen-bond acceptors (Lipinski definition) is 3. The van der Waals surface area contributed by atoms with Gasteiger partial charge in [0.05, 0.1) is 5.75 Å². The van der Waals surface area contributed by atoms with Crippen LogP contribution in [0.15, 0.2) is 28.7 Å². The fourth-order valence-corrected chi connectivity index (χ4v) is 2.68. The maximum absolute atomic E-state index is 12.4. The summed E-state index contributed by atoms with van der Waals surface area (Å²) < 4.78 is 0.931. The smallest absolute Gasteiger partial charge is 0.272 e. The minimum atomic E-state index is -0.112. The van der Waals surface area contributed by atoms with Crippen LogP contribution in [0.1, 0.15) is 16.8 Å². The Bertz CT molecular complexity index is 478. The first-order chi connectivity index (χ1) is 9.13. The number of halogens is 1. The van der Waals surface area contributed by atoms with Gasteiger partial charge in [-0.05, 0) is 36.9 Å². The van der Waals surface area contributed by atoms with Gasteiger partial charge in [-0.25, -0.2) is 5.01 Å². The molecule has 2 rings (SSSR count). The van der Waals surface area contributed by atoms with Gasteiger partial charge in [-0.3, -0.25) is 14.6 Å². The van der Waals surface area contributed by atoms with Gasteiger partial charge in [0, 0.05) is 23.1 Å². The normalized spacial score (nSPS) is 14.8. The van der Waals surface area contributed by atoms with E-state index in [9.17, 15) is 9.59 Å². The number of amides is 2. The molecule has 0 aliphatic carbocycles. The largest absolute Gasteiger partial charge is 0.272 e. The van der Waals surface area contributed by atoms with Crippen molar-refractivity contribution in [2.75, 3.05) is 25.1 Å². The quantitative estimate of drug-likeness (QED) is 0.846. The number of hydrazine groups is 1. The Balaban J connectivity index is 2.13. The fourth-order valence-electron chi connectivity index (χ4n) is 2.02. The lowest BCUT2D eigenvalue weighted by atomic mass is 10.2. The number of hydrogen-bond donors (Lipinski definition) is 0. The second-order valence-corrected chi connectivity index (χ2v) is 6.02. The number of benzene rings is 1. The third-order valence-corrected chi connectivity index (χ3v) is 3.98. The lowest BCUT2D eigenvalue weighted by Gasteiger charge is -2.27. The first-order valence-electron chi connectivity index (χ1n) is 6.00. The molecule has 0 aromatic heterocycles. The Morgan fingerprint density at radius 2 is 1.84 bits per heavy atom. The molecule has 4 nitrogen and oxygen atoms in total. The minimum Gasteiger partial charge on any atom is -0.272 e. The Kier molecular flexibility index (Phi) is 4.87. The van der Waals surface area contributed by atoms with Crippen LogP contribution in [0.3, 0.4) is 0 Å². The molecule has 0 N–H and O–H groups in total. The van der Waals surface area contributed by atoms with Gasteiger partial charge in [0.1, 0.15) is 0 Å². The van der Waals surface area contributed by atoms with E-state index in [0.29, 0.717) is 24.4 Å². The highest BCUT2D eigenvalue weighted by Gasteiger charge is 2.30. The number of carbonyl (C=O) groups excluding carboxylic acids is 2. The minimum absolute atomic E-state index is 0.00420. The van der Waals surface area contributed by atoms with Crippen molar-refractivity contribution in [3.05, 3.63) is 34.3 Å². The van der Waals surface area contributed by atoms with Crippen molar-refractivity contribution in [3.8, 4) is 0 Å². The second-order valence-electron chi connectivity index (χ2n) is 4.24. The molecule has 0 bridgehead atoms. The van der Waals surface area contributed by atoms with Crippen molar-refractivity contribution in [1.82, 2.24) is 10.0 Å². The summed E-state index contributed by atoms with van der Waals surface area (Å²) in [7, 11) is 0. The van der Waals surface area contributed by atoms with Crippen LogP contribution in [-0.4, -0.2) is 46.9 Å². The molecule has 0 saturated carbocycles. The maximum atomic E-state index is 12.4. The number of nitrogens with zero attached hydrogens (tertiary/aromatic N) is 2. The molecule has 0 atom stereocenters. The highest BCUT2D eigenvalue weighted by atomic mass is 79.9. The van der Waals surface area contributed by atoms with Crippen molar-refractivity contribution in [3.63, 3.8) is 0 Å². The van der Waals surface area contributed by atoms with Gasteiger partial charge in [-0.2, -0.15) is 11.8 Å². The highest BCUT2D eigenvalue weighted by molar-refractivity contribution is 9.10. The number of carbonyl (C=O) groups is 2. The number of rotatable bonds is 3. The van der Waals surface area contributed by atoms with Crippen molar-refractivity contribution in [1.29, 1.82) is 0 Å². The zero-order valence-electron chi connectivity index (χ0n) is 10.6. The molecule has 1 saturated heterocycles. The molecule has 0 spiro atoms. The molecule has 1 aromatic carbocycles. The van der Waals surface area contributed by atoms with E-state index in [2.05, 4.69) is 15.9 Å². The van der Waals surface area contributed by atoms with Crippen LogP contribution in [0.5, 0.6) is 0 Å². The molecular weight excluding hydrogens is 328 g/mol. The molecule has 102 valence electrons. The summed E-state index contributed by atoms with van der Waals surface area (Å²) in [5.41, 5.74) is 0.604. The van der Waals surface area contributed by atoms with E-state index >= 15 is 0 Å². The molecule has 0 unspecified atom stereocenters. The van der Waals surface area contributed by atoms with E-state index < -0.39 is 0 Å². The van der Waals surface area contributed by atoms with E-state index in [0.717, 1.165) is 10.9 Å². The summed E-state index contributed by atoms with van der Waals surface area (Å²) in [5.74, 6) is 0.291. The zero-order valence-corrected chi connectivity index (χ0v) is 13.0.